The molecule has 0 atom stereocenters. The summed E-state index contributed by atoms with van der Waals surface area (Å²) in [5.41, 5.74) is 5.30. The van der Waals surface area contributed by atoms with E-state index in [0.717, 1.165) is 37.5 Å². The van der Waals surface area contributed by atoms with Crippen molar-refractivity contribution in [3.05, 3.63) is 77.0 Å². The fourth-order valence-corrected chi connectivity index (χ4v) is 4.19. The van der Waals surface area contributed by atoms with E-state index in [9.17, 15) is 9.50 Å². The smallest absolute Gasteiger partial charge is 0.131 e. The molecule has 0 unspecified atom stereocenters. The minimum atomic E-state index is -0.352. The Hall–Kier alpha value is -2.65. The van der Waals surface area contributed by atoms with Crippen LogP contribution in [0.4, 0.5) is 4.39 Å². The SMILES string of the molecule is Oc1cc2c3c(cccc3c1-c1cc(Br)ccc1F)-c1ccccc1-2. The van der Waals surface area contributed by atoms with Crippen molar-refractivity contribution in [2.75, 3.05) is 0 Å². The highest BCUT2D eigenvalue weighted by atomic mass is 79.9. The number of phenols is 1. The van der Waals surface area contributed by atoms with E-state index in [-0.39, 0.29) is 11.6 Å². The Morgan fingerprint density at radius 3 is 2.24 bits per heavy atom. The van der Waals surface area contributed by atoms with Gasteiger partial charge in [-0.2, -0.15) is 0 Å². The van der Waals surface area contributed by atoms with Crippen LogP contribution >= 0.6 is 15.9 Å². The number of rotatable bonds is 1. The van der Waals surface area contributed by atoms with Crippen LogP contribution in [0.25, 0.3) is 44.2 Å². The maximum atomic E-state index is 14.5. The highest BCUT2D eigenvalue weighted by Gasteiger charge is 2.25. The van der Waals surface area contributed by atoms with Crippen molar-refractivity contribution in [3.8, 4) is 39.1 Å². The van der Waals surface area contributed by atoms with Crippen LogP contribution in [0.5, 0.6) is 5.75 Å². The van der Waals surface area contributed by atoms with Crippen LogP contribution in [0, 0.1) is 5.82 Å². The minimum Gasteiger partial charge on any atom is -0.507 e. The van der Waals surface area contributed by atoms with Crippen molar-refractivity contribution in [2.45, 2.75) is 0 Å². The monoisotopic (exact) mass is 390 g/mol. The van der Waals surface area contributed by atoms with Crippen LogP contribution in [0.3, 0.4) is 0 Å². The molecule has 25 heavy (non-hydrogen) atoms. The molecule has 0 heterocycles. The molecule has 4 aromatic rings. The third kappa shape index (κ3) is 1.99. The molecule has 0 aromatic heterocycles. The van der Waals surface area contributed by atoms with E-state index in [1.807, 2.05) is 24.3 Å². The maximum absolute atomic E-state index is 14.5. The summed E-state index contributed by atoms with van der Waals surface area (Å²) in [6.07, 6.45) is 0. The average molecular weight is 391 g/mol. The van der Waals surface area contributed by atoms with E-state index in [0.29, 0.717) is 11.1 Å². The number of benzene rings is 4. The lowest BCUT2D eigenvalue weighted by molar-refractivity contribution is 0.477. The van der Waals surface area contributed by atoms with Crippen molar-refractivity contribution < 1.29 is 9.50 Å². The molecule has 0 fully saturated rings. The van der Waals surface area contributed by atoms with Gasteiger partial charge < -0.3 is 5.11 Å². The minimum absolute atomic E-state index is 0.0911. The fourth-order valence-electron chi connectivity index (χ4n) is 3.83. The number of halogens is 2. The molecule has 120 valence electrons. The summed E-state index contributed by atoms with van der Waals surface area (Å²) in [6, 6.07) is 20.7. The van der Waals surface area contributed by atoms with E-state index in [1.165, 1.54) is 6.07 Å². The molecule has 1 nitrogen and oxygen atoms in total. The zero-order valence-corrected chi connectivity index (χ0v) is 14.6. The number of hydrogen-bond donors (Lipinski definition) is 1. The van der Waals surface area contributed by atoms with E-state index in [1.54, 1.807) is 18.2 Å². The molecule has 1 N–H and O–H groups in total. The van der Waals surface area contributed by atoms with Gasteiger partial charge in [-0.25, -0.2) is 4.39 Å². The largest absolute Gasteiger partial charge is 0.507 e. The van der Waals surface area contributed by atoms with Crippen molar-refractivity contribution in [1.29, 1.82) is 0 Å². The Morgan fingerprint density at radius 2 is 1.44 bits per heavy atom. The van der Waals surface area contributed by atoms with Gasteiger partial charge in [0.1, 0.15) is 11.6 Å². The van der Waals surface area contributed by atoms with Crippen LogP contribution in [-0.4, -0.2) is 5.11 Å². The van der Waals surface area contributed by atoms with E-state index >= 15 is 0 Å². The van der Waals surface area contributed by atoms with Gasteiger partial charge in [-0.15, -0.1) is 0 Å². The molecule has 0 bridgehead atoms. The lowest BCUT2D eigenvalue weighted by Crippen LogP contribution is -1.89. The molecule has 4 aromatic carbocycles. The zero-order valence-electron chi connectivity index (χ0n) is 13.1. The molecular weight excluding hydrogens is 379 g/mol. The Labute approximate surface area is 152 Å². The third-order valence-corrected chi connectivity index (χ3v) is 5.34. The summed E-state index contributed by atoms with van der Waals surface area (Å²) >= 11 is 3.40. The summed E-state index contributed by atoms with van der Waals surface area (Å²) in [5, 5.41) is 12.7. The van der Waals surface area contributed by atoms with Crippen molar-refractivity contribution in [1.82, 2.24) is 0 Å². The van der Waals surface area contributed by atoms with Gasteiger partial charge in [0.2, 0.25) is 0 Å². The van der Waals surface area contributed by atoms with Gasteiger partial charge in [0, 0.05) is 15.6 Å². The predicted molar refractivity (Wildman–Crippen MR) is 103 cm³/mol. The first-order valence-electron chi connectivity index (χ1n) is 7.99. The van der Waals surface area contributed by atoms with Gasteiger partial charge in [-0.1, -0.05) is 58.4 Å². The molecule has 0 amide bonds. The number of phenolic OH excluding ortho intramolecular Hbond substituents is 1. The standard InChI is InChI=1S/C22H12BrFO/c23-12-8-9-19(24)18(10-12)22-16-7-3-6-15-13-4-1-2-5-14(13)17(21(15)16)11-20(22)25/h1-11,25H. The summed E-state index contributed by atoms with van der Waals surface area (Å²) in [5.74, 6) is -0.261. The van der Waals surface area contributed by atoms with Gasteiger partial charge in [0.05, 0.1) is 0 Å². The van der Waals surface area contributed by atoms with Gasteiger partial charge in [0.15, 0.2) is 0 Å². The quantitative estimate of drug-likeness (QED) is 0.335. The highest BCUT2D eigenvalue weighted by Crippen LogP contribution is 2.52. The van der Waals surface area contributed by atoms with Gasteiger partial charge >= 0.3 is 0 Å². The Bertz CT molecular complexity index is 1180. The molecule has 0 saturated carbocycles. The van der Waals surface area contributed by atoms with Gasteiger partial charge in [0.25, 0.3) is 0 Å². The van der Waals surface area contributed by atoms with Crippen molar-refractivity contribution in [3.63, 3.8) is 0 Å². The van der Waals surface area contributed by atoms with Crippen LogP contribution < -0.4 is 0 Å². The molecule has 0 saturated heterocycles. The van der Waals surface area contributed by atoms with Crippen LogP contribution in [0.1, 0.15) is 0 Å². The fraction of sp³-hybridized carbons (Fsp3) is 0. The Balaban J connectivity index is 1.95. The Kier molecular flexibility index (Phi) is 3.03. The van der Waals surface area contributed by atoms with Crippen molar-refractivity contribution >= 4 is 26.7 Å². The number of fused-ring (bicyclic) bond motifs is 3. The highest BCUT2D eigenvalue weighted by molar-refractivity contribution is 9.10. The summed E-state index contributed by atoms with van der Waals surface area (Å²) in [6.45, 7) is 0. The summed E-state index contributed by atoms with van der Waals surface area (Å²) in [4.78, 5) is 0. The molecule has 0 radical (unpaired) electrons. The molecule has 0 aliphatic heterocycles. The van der Waals surface area contributed by atoms with E-state index in [4.69, 9.17) is 0 Å². The maximum Gasteiger partial charge on any atom is 0.131 e. The molecule has 5 rings (SSSR count). The average Bonchev–Trinajstić information content (AvgIpc) is 2.94. The first kappa shape index (κ1) is 14.7. The first-order valence-corrected chi connectivity index (χ1v) is 8.78. The second-order valence-electron chi connectivity index (χ2n) is 6.22. The third-order valence-electron chi connectivity index (χ3n) is 4.85. The first-order chi connectivity index (χ1) is 12.1. The van der Waals surface area contributed by atoms with E-state index < -0.39 is 0 Å². The topological polar surface area (TPSA) is 20.2 Å². The molecule has 3 heteroatoms. The lowest BCUT2D eigenvalue weighted by Gasteiger charge is -2.13. The molecule has 1 aliphatic carbocycles. The number of hydrogen-bond acceptors (Lipinski definition) is 1. The second-order valence-corrected chi connectivity index (χ2v) is 7.13. The second kappa shape index (κ2) is 5.17. The molecular formula is C22H12BrFO. The van der Waals surface area contributed by atoms with Crippen LogP contribution in [-0.2, 0) is 0 Å². The Morgan fingerprint density at radius 1 is 0.720 bits per heavy atom. The van der Waals surface area contributed by atoms with Crippen LogP contribution in [0.2, 0.25) is 0 Å². The van der Waals surface area contributed by atoms with Crippen LogP contribution in [0.15, 0.2) is 71.2 Å². The van der Waals surface area contributed by atoms with Gasteiger partial charge in [-0.3, -0.25) is 0 Å². The predicted octanol–water partition coefficient (Wildman–Crippen LogP) is 6.76. The summed E-state index contributed by atoms with van der Waals surface area (Å²) < 4.78 is 15.3. The van der Waals surface area contributed by atoms with Gasteiger partial charge in [-0.05, 0) is 57.3 Å². The number of aromatic hydroxyl groups is 1. The lowest BCUT2D eigenvalue weighted by atomic mass is 9.93. The summed E-state index contributed by atoms with van der Waals surface area (Å²) in [7, 11) is 0. The van der Waals surface area contributed by atoms with E-state index in [2.05, 4.69) is 34.1 Å². The molecule has 1 aliphatic rings. The van der Waals surface area contributed by atoms with Crippen molar-refractivity contribution in [2.24, 2.45) is 0 Å². The normalized spacial score (nSPS) is 11.8. The molecule has 0 spiro atoms. The zero-order chi connectivity index (χ0) is 17.1.